The monoisotopic (exact) mass is 458 g/mol. The first kappa shape index (κ1) is 22.0. The number of rotatable bonds is 8. The Morgan fingerprint density at radius 1 is 0.938 bits per heavy atom. The maximum atomic E-state index is 12.7. The van der Waals surface area contributed by atoms with Crippen LogP contribution in [0.15, 0.2) is 48.8 Å². The van der Waals surface area contributed by atoms with E-state index >= 15 is 0 Å². The maximum Gasteiger partial charge on any atom is 0.217 e. The number of nitrogens with zero attached hydrogens (tertiary/aromatic N) is 6. The minimum Gasteiger partial charge on any atom is -0.497 e. The van der Waals surface area contributed by atoms with Gasteiger partial charge in [-0.1, -0.05) is 0 Å². The topological polar surface area (TPSA) is 103 Å². The standard InChI is InChI=1S/C21H26N6O4S/c1-17-22-9-10-27(17)21-8-7-20(23-24-21)25-11-13-26(14-12-25)32(28,29)16-15-31-19-5-3-18(30-2)4-6-19/h3-10H,11-16H2,1-2H3. The second kappa shape index (κ2) is 9.53. The average molecular weight is 459 g/mol. The number of imidazole rings is 1. The van der Waals surface area contributed by atoms with Crippen molar-refractivity contribution in [1.82, 2.24) is 24.1 Å². The van der Waals surface area contributed by atoms with Gasteiger partial charge in [0.1, 0.15) is 23.9 Å². The predicted molar refractivity (Wildman–Crippen MR) is 120 cm³/mol. The molecule has 2 aromatic heterocycles. The summed E-state index contributed by atoms with van der Waals surface area (Å²) in [4.78, 5) is 6.23. The van der Waals surface area contributed by atoms with Crippen LogP contribution in [-0.4, -0.2) is 78.1 Å². The van der Waals surface area contributed by atoms with Crippen LogP contribution in [0.4, 0.5) is 5.82 Å². The molecule has 1 aliphatic heterocycles. The van der Waals surface area contributed by atoms with Gasteiger partial charge in [0, 0.05) is 38.6 Å². The van der Waals surface area contributed by atoms with Gasteiger partial charge in [-0.3, -0.25) is 4.57 Å². The third-order valence-electron chi connectivity index (χ3n) is 5.33. The highest BCUT2D eigenvalue weighted by molar-refractivity contribution is 7.89. The highest BCUT2D eigenvalue weighted by Gasteiger charge is 2.27. The lowest BCUT2D eigenvalue weighted by Crippen LogP contribution is -2.50. The van der Waals surface area contributed by atoms with Crippen molar-refractivity contribution in [2.24, 2.45) is 0 Å². The van der Waals surface area contributed by atoms with E-state index in [-0.39, 0.29) is 12.4 Å². The molecule has 3 heterocycles. The first-order valence-electron chi connectivity index (χ1n) is 10.3. The quantitative estimate of drug-likeness (QED) is 0.501. The summed E-state index contributed by atoms with van der Waals surface area (Å²) in [6, 6.07) is 10.8. The Morgan fingerprint density at radius 3 is 2.19 bits per heavy atom. The van der Waals surface area contributed by atoms with Crippen LogP contribution in [0.3, 0.4) is 0 Å². The summed E-state index contributed by atoms with van der Waals surface area (Å²) in [5, 5.41) is 8.59. The number of benzene rings is 1. The van der Waals surface area contributed by atoms with E-state index in [4.69, 9.17) is 9.47 Å². The smallest absolute Gasteiger partial charge is 0.217 e. The van der Waals surface area contributed by atoms with Crippen LogP contribution >= 0.6 is 0 Å². The van der Waals surface area contributed by atoms with Crippen molar-refractivity contribution in [3.05, 3.63) is 54.6 Å². The van der Waals surface area contributed by atoms with Gasteiger partial charge in [-0.25, -0.2) is 13.4 Å². The van der Waals surface area contributed by atoms with E-state index in [0.717, 1.165) is 17.4 Å². The van der Waals surface area contributed by atoms with Crippen LogP contribution in [0, 0.1) is 6.92 Å². The molecule has 170 valence electrons. The van der Waals surface area contributed by atoms with Gasteiger partial charge >= 0.3 is 0 Å². The fraction of sp³-hybridized carbons (Fsp3) is 0.381. The van der Waals surface area contributed by atoms with E-state index in [1.54, 1.807) is 37.6 Å². The minimum atomic E-state index is -3.40. The molecule has 1 aromatic carbocycles. The van der Waals surface area contributed by atoms with Crippen molar-refractivity contribution in [2.75, 3.05) is 50.5 Å². The summed E-state index contributed by atoms with van der Waals surface area (Å²) in [5.41, 5.74) is 0. The normalized spacial score (nSPS) is 15.0. The minimum absolute atomic E-state index is 0.0716. The van der Waals surface area contributed by atoms with E-state index in [0.29, 0.717) is 37.7 Å². The van der Waals surface area contributed by atoms with E-state index in [9.17, 15) is 8.42 Å². The summed E-state index contributed by atoms with van der Waals surface area (Å²) < 4.78 is 39.4. The lowest BCUT2D eigenvalue weighted by molar-refractivity contribution is 0.330. The van der Waals surface area contributed by atoms with Gasteiger partial charge in [-0.05, 0) is 43.3 Å². The van der Waals surface area contributed by atoms with E-state index in [1.165, 1.54) is 4.31 Å². The van der Waals surface area contributed by atoms with Crippen LogP contribution in [0.5, 0.6) is 11.5 Å². The Bertz CT molecular complexity index is 1120. The Labute approximate surface area is 187 Å². The molecule has 11 heteroatoms. The highest BCUT2D eigenvalue weighted by atomic mass is 32.2. The van der Waals surface area contributed by atoms with Gasteiger partial charge < -0.3 is 14.4 Å². The Hall–Kier alpha value is -3.18. The van der Waals surface area contributed by atoms with Crippen molar-refractivity contribution < 1.29 is 17.9 Å². The second-order valence-electron chi connectivity index (χ2n) is 7.32. The molecule has 1 saturated heterocycles. The van der Waals surface area contributed by atoms with Crippen LogP contribution in [0.1, 0.15) is 5.82 Å². The molecule has 0 unspecified atom stereocenters. The van der Waals surface area contributed by atoms with Crippen molar-refractivity contribution in [2.45, 2.75) is 6.92 Å². The summed E-state index contributed by atoms with van der Waals surface area (Å²) >= 11 is 0. The Morgan fingerprint density at radius 2 is 1.59 bits per heavy atom. The number of ether oxygens (including phenoxy) is 2. The first-order valence-corrected chi connectivity index (χ1v) is 11.9. The summed E-state index contributed by atoms with van der Waals surface area (Å²) in [5.74, 6) is 3.52. The molecule has 0 atom stereocenters. The van der Waals surface area contributed by atoms with Gasteiger partial charge in [0.2, 0.25) is 10.0 Å². The zero-order chi connectivity index (χ0) is 22.6. The zero-order valence-corrected chi connectivity index (χ0v) is 18.9. The van der Waals surface area contributed by atoms with Gasteiger partial charge in [0.15, 0.2) is 11.6 Å². The fourth-order valence-electron chi connectivity index (χ4n) is 3.50. The molecule has 0 spiro atoms. The first-order chi connectivity index (χ1) is 15.5. The fourth-order valence-corrected chi connectivity index (χ4v) is 4.77. The molecule has 0 amide bonds. The maximum absolute atomic E-state index is 12.7. The van der Waals surface area contributed by atoms with E-state index in [2.05, 4.69) is 15.2 Å². The second-order valence-corrected chi connectivity index (χ2v) is 9.41. The molecule has 1 fully saturated rings. The van der Waals surface area contributed by atoms with Crippen LogP contribution in [-0.2, 0) is 10.0 Å². The number of methoxy groups -OCH3 is 1. The van der Waals surface area contributed by atoms with Crippen LogP contribution < -0.4 is 14.4 Å². The molecule has 0 bridgehead atoms. The third kappa shape index (κ3) is 5.00. The van der Waals surface area contributed by atoms with Gasteiger partial charge in [-0.15, -0.1) is 10.2 Å². The number of aromatic nitrogens is 4. The molecular formula is C21H26N6O4S. The number of sulfonamides is 1. The molecular weight excluding hydrogens is 432 g/mol. The van der Waals surface area contributed by atoms with Gasteiger partial charge in [0.25, 0.3) is 0 Å². The van der Waals surface area contributed by atoms with E-state index in [1.807, 2.05) is 34.7 Å². The Balaban J connectivity index is 1.28. The summed E-state index contributed by atoms with van der Waals surface area (Å²) in [6.45, 7) is 3.89. The van der Waals surface area contributed by atoms with Crippen molar-refractivity contribution in [1.29, 1.82) is 0 Å². The van der Waals surface area contributed by atoms with Crippen molar-refractivity contribution >= 4 is 15.8 Å². The van der Waals surface area contributed by atoms with Crippen molar-refractivity contribution in [3.63, 3.8) is 0 Å². The lowest BCUT2D eigenvalue weighted by atomic mass is 10.3. The average Bonchev–Trinajstić information content (AvgIpc) is 3.25. The molecule has 3 aromatic rings. The largest absolute Gasteiger partial charge is 0.497 e. The van der Waals surface area contributed by atoms with E-state index < -0.39 is 10.0 Å². The van der Waals surface area contributed by atoms with Gasteiger partial charge in [-0.2, -0.15) is 4.31 Å². The van der Waals surface area contributed by atoms with Crippen LogP contribution in [0.25, 0.3) is 5.82 Å². The van der Waals surface area contributed by atoms with Gasteiger partial charge in [0.05, 0.1) is 12.9 Å². The number of anilines is 1. The molecule has 32 heavy (non-hydrogen) atoms. The number of aryl methyl sites for hydroxylation is 1. The molecule has 0 aliphatic carbocycles. The van der Waals surface area contributed by atoms with Crippen molar-refractivity contribution in [3.8, 4) is 17.3 Å². The Kier molecular flexibility index (Phi) is 6.56. The highest BCUT2D eigenvalue weighted by Crippen LogP contribution is 2.18. The molecule has 4 rings (SSSR count). The predicted octanol–water partition coefficient (Wildman–Crippen LogP) is 1.51. The molecule has 0 radical (unpaired) electrons. The summed E-state index contributed by atoms with van der Waals surface area (Å²) in [6.07, 6.45) is 3.55. The number of hydrogen-bond donors (Lipinski definition) is 0. The molecule has 10 nitrogen and oxygen atoms in total. The number of hydrogen-bond acceptors (Lipinski definition) is 8. The third-order valence-corrected chi connectivity index (χ3v) is 7.17. The zero-order valence-electron chi connectivity index (χ0n) is 18.1. The molecule has 1 aliphatic rings. The molecule has 0 saturated carbocycles. The SMILES string of the molecule is COc1ccc(OCCS(=O)(=O)N2CCN(c3ccc(-n4ccnc4C)nn3)CC2)cc1. The van der Waals surface area contributed by atoms with Crippen LogP contribution in [0.2, 0.25) is 0 Å². The number of piperazine rings is 1. The molecule has 0 N–H and O–H groups in total. The summed E-state index contributed by atoms with van der Waals surface area (Å²) in [7, 11) is -1.81. The lowest BCUT2D eigenvalue weighted by Gasteiger charge is -2.34.